The first-order valence-electron chi connectivity index (χ1n) is 6.55. The van der Waals surface area contributed by atoms with Crippen LogP contribution in [0.5, 0.6) is 0 Å². The van der Waals surface area contributed by atoms with E-state index in [4.69, 9.17) is 0 Å². The molecule has 0 fully saturated rings. The zero-order valence-corrected chi connectivity index (χ0v) is 11.1. The molecule has 0 saturated heterocycles. The highest BCUT2D eigenvalue weighted by Gasteiger charge is 2.32. The van der Waals surface area contributed by atoms with Gasteiger partial charge in [0.2, 0.25) is 5.91 Å². The van der Waals surface area contributed by atoms with Gasteiger partial charge in [-0.05, 0) is 24.5 Å². The lowest BCUT2D eigenvalue weighted by Crippen LogP contribution is -2.45. The molecule has 0 radical (unpaired) electrons. The zero-order valence-electron chi connectivity index (χ0n) is 11.1. The lowest BCUT2D eigenvalue weighted by Gasteiger charge is -2.27. The second kappa shape index (κ2) is 5.83. The van der Waals surface area contributed by atoms with Crippen molar-refractivity contribution in [3.8, 4) is 0 Å². The molecule has 1 aromatic carbocycles. The fourth-order valence-electron chi connectivity index (χ4n) is 2.46. The Morgan fingerprint density at radius 2 is 2.15 bits per heavy atom. The van der Waals surface area contributed by atoms with Crippen molar-refractivity contribution in [3.05, 3.63) is 35.4 Å². The maximum absolute atomic E-state index is 12.3. The van der Waals surface area contributed by atoms with Crippen molar-refractivity contribution in [2.45, 2.75) is 38.0 Å². The molecule has 6 heteroatoms. The third kappa shape index (κ3) is 3.72. The van der Waals surface area contributed by atoms with Crippen LogP contribution in [0.4, 0.5) is 13.2 Å². The molecule has 1 aromatic rings. The molecule has 2 rings (SSSR count). The first-order valence-corrected chi connectivity index (χ1v) is 6.55. The molecule has 20 heavy (non-hydrogen) atoms. The third-order valence-corrected chi connectivity index (χ3v) is 3.30. The highest BCUT2D eigenvalue weighted by Crippen LogP contribution is 2.24. The third-order valence-electron chi connectivity index (χ3n) is 3.30. The average molecular weight is 286 g/mol. The lowest BCUT2D eigenvalue weighted by molar-refractivity contribution is -0.141. The number of fused-ring (bicyclic) bond motifs is 1. The smallest absolute Gasteiger partial charge is 0.352 e. The number of hydrogen-bond acceptors (Lipinski definition) is 2. The van der Waals surface area contributed by atoms with Gasteiger partial charge in [0.05, 0.1) is 6.42 Å². The molecule has 1 heterocycles. The van der Waals surface area contributed by atoms with E-state index in [0.29, 0.717) is 6.54 Å². The lowest BCUT2D eigenvalue weighted by atomic mass is 9.94. The van der Waals surface area contributed by atoms with E-state index >= 15 is 0 Å². The van der Waals surface area contributed by atoms with Gasteiger partial charge in [0.25, 0.3) is 0 Å². The molecule has 110 valence electrons. The van der Waals surface area contributed by atoms with Gasteiger partial charge < -0.3 is 10.6 Å². The van der Waals surface area contributed by atoms with Crippen LogP contribution in [0.15, 0.2) is 24.3 Å². The maximum Gasteiger partial charge on any atom is 0.391 e. The zero-order chi connectivity index (χ0) is 14.8. The first kappa shape index (κ1) is 14.8. The second-order valence-electron chi connectivity index (χ2n) is 5.06. The van der Waals surface area contributed by atoms with Crippen molar-refractivity contribution in [3.63, 3.8) is 0 Å². The number of alkyl halides is 3. The Labute approximate surface area is 115 Å². The van der Waals surface area contributed by atoms with Crippen molar-refractivity contribution in [1.82, 2.24) is 10.6 Å². The summed E-state index contributed by atoms with van der Waals surface area (Å²) in [4.78, 5) is 12.1. The number of rotatable bonds is 3. The number of carbonyl (C=O) groups excluding carboxylic acids is 1. The summed E-state index contributed by atoms with van der Waals surface area (Å²) >= 11 is 0. The van der Waals surface area contributed by atoms with E-state index in [9.17, 15) is 18.0 Å². The molecule has 3 nitrogen and oxygen atoms in total. The average Bonchev–Trinajstić information content (AvgIpc) is 2.35. The van der Waals surface area contributed by atoms with E-state index in [0.717, 1.165) is 17.5 Å². The highest BCUT2D eigenvalue weighted by molar-refractivity contribution is 5.84. The maximum atomic E-state index is 12.3. The first-order chi connectivity index (χ1) is 9.37. The standard InChI is InChI=1S/C14H17F3N2O/c1-9(8-14(15,16)17)19-13(20)12-11-5-3-2-4-10(11)6-7-18-12/h2-5,9,12,18H,6-8H2,1H3,(H,19,20). The van der Waals surface area contributed by atoms with Gasteiger partial charge in [-0.25, -0.2) is 0 Å². The molecule has 0 aliphatic carbocycles. The Balaban J connectivity index is 2.04. The molecule has 1 aliphatic rings. The van der Waals surface area contributed by atoms with Gasteiger partial charge in [-0.2, -0.15) is 13.2 Å². The largest absolute Gasteiger partial charge is 0.391 e. The summed E-state index contributed by atoms with van der Waals surface area (Å²) in [5, 5.41) is 5.48. The molecule has 1 amide bonds. The molecular formula is C14H17F3N2O. The number of hydrogen-bond donors (Lipinski definition) is 2. The minimum absolute atomic E-state index is 0.408. The van der Waals surface area contributed by atoms with Crippen LogP contribution in [0.2, 0.25) is 0 Å². The Morgan fingerprint density at radius 3 is 2.85 bits per heavy atom. The molecule has 0 spiro atoms. The molecule has 0 aromatic heterocycles. The van der Waals surface area contributed by atoms with Gasteiger partial charge in [0.1, 0.15) is 6.04 Å². The summed E-state index contributed by atoms with van der Waals surface area (Å²) < 4.78 is 36.8. The van der Waals surface area contributed by atoms with Crippen LogP contribution in [0.25, 0.3) is 0 Å². The van der Waals surface area contributed by atoms with Gasteiger partial charge in [-0.3, -0.25) is 4.79 Å². The van der Waals surface area contributed by atoms with E-state index < -0.39 is 30.6 Å². The molecular weight excluding hydrogens is 269 g/mol. The second-order valence-corrected chi connectivity index (χ2v) is 5.06. The Hall–Kier alpha value is -1.56. The summed E-state index contributed by atoms with van der Waals surface area (Å²) in [6.45, 7) is 2.00. The van der Waals surface area contributed by atoms with Gasteiger partial charge in [-0.15, -0.1) is 0 Å². The van der Waals surface area contributed by atoms with E-state index in [1.54, 1.807) is 0 Å². The van der Waals surface area contributed by atoms with Gasteiger partial charge in [-0.1, -0.05) is 24.3 Å². The molecule has 2 unspecified atom stereocenters. The molecule has 0 bridgehead atoms. The topological polar surface area (TPSA) is 41.1 Å². The summed E-state index contributed by atoms with van der Waals surface area (Å²) in [5.74, 6) is -0.408. The van der Waals surface area contributed by atoms with E-state index in [2.05, 4.69) is 10.6 Å². The predicted molar refractivity (Wildman–Crippen MR) is 69.2 cm³/mol. The van der Waals surface area contributed by atoms with Crippen LogP contribution in [0, 0.1) is 0 Å². The minimum Gasteiger partial charge on any atom is -0.352 e. The highest BCUT2D eigenvalue weighted by atomic mass is 19.4. The number of benzene rings is 1. The van der Waals surface area contributed by atoms with Crippen molar-refractivity contribution in [2.75, 3.05) is 6.54 Å². The van der Waals surface area contributed by atoms with Crippen LogP contribution in [-0.4, -0.2) is 24.7 Å². The quantitative estimate of drug-likeness (QED) is 0.895. The molecule has 2 N–H and O–H groups in total. The van der Waals surface area contributed by atoms with E-state index in [1.165, 1.54) is 6.92 Å². The van der Waals surface area contributed by atoms with Crippen molar-refractivity contribution >= 4 is 5.91 Å². The fourth-order valence-corrected chi connectivity index (χ4v) is 2.46. The minimum atomic E-state index is -4.27. The summed E-state index contributed by atoms with van der Waals surface area (Å²) in [5.41, 5.74) is 1.91. The van der Waals surface area contributed by atoms with Gasteiger partial charge in [0, 0.05) is 12.6 Å². The summed E-state index contributed by atoms with van der Waals surface area (Å²) in [6, 6.07) is 5.99. The van der Waals surface area contributed by atoms with Crippen LogP contribution < -0.4 is 10.6 Å². The predicted octanol–water partition coefficient (Wildman–Crippen LogP) is 2.33. The van der Waals surface area contributed by atoms with Crippen LogP contribution in [0.3, 0.4) is 0 Å². The van der Waals surface area contributed by atoms with E-state index in [1.807, 2.05) is 24.3 Å². The Bertz CT molecular complexity index is 488. The van der Waals surface area contributed by atoms with Crippen molar-refractivity contribution in [1.29, 1.82) is 0 Å². The summed E-state index contributed by atoms with van der Waals surface area (Å²) in [7, 11) is 0. The van der Waals surface area contributed by atoms with Crippen LogP contribution in [0.1, 0.15) is 30.5 Å². The van der Waals surface area contributed by atoms with Gasteiger partial charge >= 0.3 is 6.18 Å². The van der Waals surface area contributed by atoms with Crippen LogP contribution >= 0.6 is 0 Å². The van der Waals surface area contributed by atoms with Crippen molar-refractivity contribution in [2.24, 2.45) is 0 Å². The Morgan fingerprint density at radius 1 is 1.45 bits per heavy atom. The summed E-state index contributed by atoms with van der Waals surface area (Å²) in [6.07, 6.45) is -4.48. The number of halogens is 3. The van der Waals surface area contributed by atoms with E-state index in [-0.39, 0.29) is 0 Å². The number of nitrogens with one attached hydrogen (secondary N) is 2. The fraction of sp³-hybridized carbons (Fsp3) is 0.500. The number of carbonyl (C=O) groups is 1. The Kier molecular flexibility index (Phi) is 4.32. The molecule has 0 saturated carbocycles. The molecule has 1 aliphatic heterocycles. The molecule has 2 atom stereocenters. The SMILES string of the molecule is CC(CC(F)(F)F)NC(=O)C1NCCc2ccccc21. The van der Waals surface area contributed by atoms with Crippen LogP contribution in [-0.2, 0) is 11.2 Å². The van der Waals surface area contributed by atoms with Crippen molar-refractivity contribution < 1.29 is 18.0 Å². The normalized spacial score (nSPS) is 20.1. The monoisotopic (exact) mass is 286 g/mol. The van der Waals surface area contributed by atoms with Gasteiger partial charge in [0.15, 0.2) is 0 Å². The number of amides is 1.